The number of aryl methyl sites for hydroxylation is 2. The first-order chi connectivity index (χ1) is 14.6. The molecule has 0 atom stereocenters. The van der Waals surface area contributed by atoms with Gasteiger partial charge in [0.25, 0.3) is 0 Å². The van der Waals surface area contributed by atoms with E-state index in [0.29, 0.717) is 29.0 Å². The molecule has 2 aromatic carbocycles. The number of thioether (sulfide) groups is 1. The van der Waals surface area contributed by atoms with Crippen LogP contribution in [0.5, 0.6) is 11.5 Å². The zero-order valence-electron chi connectivity index (χ0n) is 17.1. The summed E-state index contributed by atoms with van der Waals surface area (Å²) >= 11 is 1.50. The van der Waals surface area contributed by atoms with Gasteiger partial charge in [0.1, 0.15) is 5.82 Å². The normalized spacial score (nSPS) is 10.9. The minimum absolute atomic E-state index is 0.476. The van der Waals surface area contributed by atoms with Gasteiger partial charge in [-0.05, 0) is 43.7 Å². The smallest absolute Gasteiger partial charge is 0.237 e. The molecule has 0 saturated heterocycles. The van der Waals surface area contributed by atoms with Gasteiger partial charge in [0, 0.05) is 5.56 Å². The van der Waals surface area contributed by atoms with E-state index < -0.39 is 0 Å². The number of hydrogen-bond donors (Lipinski definition) is 0. The second-order valence-electron chi connectivity index (χ2n) is 6.52. The molecule has 0 fully saturated rings. The Labute approximate surface area is 178 Å². The lowest BCUT2D eigenvalue weighted by molar-refractivity contribution is 0.355. The molecule has 0 bridgehead atoms. The summed E-state index contributed by atoms with van der Waals surface area (Å²) in [5.41, 5.74) is 2.99. The van der Waals surface area contributed by atoms with E-state index in [0.717, 1.165) is 27.8 Å². The average molecular weight is 423 g/mol. The topological polar surface area (TPSA) is 88.1 Å². The highest BCUT2D eigenvalue weighted by Gasteiger charge is 2.16. The van der Waals surface area contributed by atoms with E-state index in [4.69, 9.17) is 14.0 Å². The Bertz CT molecular complexity index is 1170. The van der Waals surface area contributed by atoms with Crippen molar-refractivity contribution in [3.05, 3.63) is 59.7 Å². The molecule has 154 valence electrons. The van der Waals surface area contributed by atoms with E-state index in [2.05, 4.69) is 39.4 Å². The maximum Gasteiger partial charge on any atom is 0.237 e. The van der Waals surface area contributed by atoms with E-state index in [1.807, 2.05) is 41.8 Å². The number of methoxy groups -OCH3 is 2. The minimum Gasteiger partial charge on any atom is -0.493 e. The van der Waals surface area contributed by atoms with Crippen molar-refractivity contribution in [2.75, 3.05) is 14.2 Å². The molecule has 2 heterocycles. The summed E-state index contributed by atoms with van der Waals surface area (Å²) in [5, 5.41) is 13.4. The van der Waals surface area contributed by atoms with Crippen LogP contribution >= 0.6 is 11.8 Å². The summed E-state index contributed by atoms with van der Waals surface area (Å²) in [4.78, 5) is 4.50. The molecule has 2 aromatic heterocycles. The molecule has 0 aliphatic rings. The van der Waals surface area contributed by atoms with Gasteiger partial charge in [0.15, 0.2) is 16.7 Å². The monoisotopic (exact) mass is 423 g/mol. The van der Waals surface area contributed by atoms with Crippen LogP contribution in [0.3, 0.4) is 0 Å². The Morgan fingerprint density at radius 3 is 2.57 bits per heavy atom. The third-order valence-corrected chi connectivity index (χ3v) is 5.50. The third kappa shape index (κ3) is 3.88. The van der Waals surface area contributed by atoms with Crippen LogP contribution in [-0.2, 0) is 5.75 Å². The molecule has 0 N–H and O–H groups in total. The number of aromatic nitrogens is 5. The number of para-hydroxylation sites is 1. The number of benzene rings is 2. The van der Waals surface area contributed by atoms with E-state index in [1.165, 1.54) is 11.8 Å². The van der Waals surface area contributed by atoms with E-state index in [1.54, 1.807) is 14.2 Å². The summed E-state index contributed by atoms with van der Waals surface area (Å²) in [6, 6.07) is 13.6. The largest absolute Gasteiger partial charge is 0.493 e. The Balaban J connectivity index is 1.53. The molecule has 0 spiro atoms. The van der Waals surface area contributed by atoms with E-state index in [-0.39, 0.29) is 0 Å². The standard InChI is InChI=1S/C21H21N5O3S/c1-13-7-5-6-8-16(13)26-14(2)23-24-21(26)30-12-19-22-20(25-29-19)15-9-10-17(27-3)18(11-15)28-4/h5-11H,12H2,1-4H3. The molecular formula is C21H21N5O3S. The Hall–Kier alpha value is -3.33. The minimum atomic E-state index is 0.476. The Morgan fingerprint density at radius 1 is 1.00 bits per heavy atom. The van der Waals surface area contributed by atoms with Crippen molar-refractivity contribution in [3.8, 4) is 28.6 Å². The molecule has 4 rings (SSSR count). The van der Waals surface area contributed by atoms with Gasteiger partial charge in [-0.2, -0.15) is 4.98 Å². The Morgan fingerprint density at radius 2 is 1.80 bits per heavy atom. The lowest BCUT2D eigenvalue weighted by Crippen LogP contribution is -2.01. The molecule has 0 amide bonds. The first-order valence-corrected chi connectivity index (χ1v) is 10.2. The van der Waals surface area contributed by atoms with Gasteiger partial charge in [-0.25, -0.2) is 0 Å². The van der Waals surface area contributed by atoms with Crippen molar-refractivity contribution in [1.82, 2.24) is 24.9 Å². The van der Waals surface area contributed by atoms with Gasteiger partial charge in [-0.15, -0.1) is 10.2 Å². The highest BCUT2D eigenvalue weighted by molar-refractivity contribution is 7.98. The van der Waals surface area contributed by atoms with Crippen molar-refractivity contribution >= 4 is 11.8 Å². The van der Waals surface area contributed by atoms with Crippen LogP contribution in [0.15, 0.2) is 52.1 Å². The maximum absolute atomic E-state index is 5.44. The molecule has 0 saturated carbocycles. The van der Waals surface area contributed by atoms with Crippen LogP contribution in [0.4, 0.5) is 0 Å². The van der Waals surface area contributed by atoms with E-state index >= 15 is 0 Å². The van der Waals surface area contributed by atoms with E-state index in [9.17, 15) is 0 Å². The highest BCUT2D eigenvalue weighted by atomic mass is 32.2. The fraction of sp³-hybridized carbons (Fsp3) is 0.238. The van der Waals surface area contributed by atoms with Crippen LogP contribution in [0, 0.1) is 13.8 Å². The van der Waals surface area contributed by atoms with Gasteiger partial charge in [0.05, 0.1) is 25.7 Å². The molecule has 0 aliphatic heterocycles. The quantitative estimate of drug-likeness (QED) is 0.408. The van der Waals surface area contributed by atoms with Crippen LogP contribution in [0.1, 0.15) is 17.3 Å². The Kier molecular flexibility index (Phi) is 5.71. The third-order valence-electron chi connectivity index (χ3n) is 4.59. The fourth-order valence-corrected chi connectivity index (χ4v) is 3.89. The predicted octanol–water partition coefficient (Wildman–Crippen LogP) is 4.24. The number of nitrogens with zero attached hydrogens (tertiary/aromatic N) is 5. The highest BCUT2D eigenvalue weighted by Crippen LogP contribution is 2.32. The van der Waals surface area contributed by atoms with Crippen molar-refractivity contribution in [2.45, 2.75) is 24.8 Å². The van der Waals surface area contributed by atoms with Gasteiger partial charge >= 0.3 is 0 Å². The first-order valence-electron chi connectivity index (χ1n) is 9.26. The molecule has 0 aliphatic carbocycles. The van der Waals surface area contributed by atoms with Crippen molar-refractivity contribution in [3.63, 3.8) is 0 Å². The second kappa shape index (κ2) is 8.58. The number of ether oxygens (including phenoxy) is 2. The predicted molar refractivity (Wildman–Crippen MR) is 113 cm³/mol. The molecule has 0 unspecified atom stereocenters. The molecule has 4 aromatic rings. The summed E-state index contributed by atoms with van der Waals surface area (Å²) < 4.78 is 18.1. The molecule has 30 heavy (non-hydrogen) atoms. The zero-order valence-corrected chi connectivity index (χ0v) is 17.9. The van der Waals surface area contributed by atoms with Crippen molar-refractivity contribution in [1.29, 1.82) is 0 Å². The average Bonchev–Trinajstić information content (AvgIpc) is 3.39. The maximum atomic E-state index is 5.44. The van der Waals surface area contributed by atoms with Crippen LogP contribution in [-0.4, -0.2) is 39.1 Å². The van der Waals surface area contributed by atoms with Gasteiger partial charge < -0.3 is 14.0 Å². The lowest BCUT2D eigenvalue weighted by atomic mass is 10.2. The number of hydrogen-bond acceptors (Lipinski definition) is 8. The molecule has 8 nitrogen and oxygen atoms in total. The lowest BCUT2D eigenvalue weighted by Gasteiger charge is -2.10. The van der Waals surface area contributed by atoms with Crippen molar-refractivity contribution < 1.29 is 14.0 Å². The first kappa shape index (κ1) is 20.0. The summed E-state index contributed by atoms with van der Waals surface area (Å²) in [6.07, 6.45) is 0. The number of rotatable bonds is 7. The van der Waals surface area contributed by atoms with Crippen molar-refractivity contribution in [2.24, 2.45) is 0 Å². The van der Waals surface area contributed by atoms with Crippen LogP contribution in [0.2, 0.25) is 0 Å². The summed E-state index contributed by atoms with van der Waals surface area (Å²) in [6.45, 7) is 4.00. The SMILES string of the molecule is COc1ccc(-c2noc(CSc3nnc(C)n3-c3ccccc3C)n2)cc1OC. The van der Waals surface area contributed by atoms with Gasteiger partial charge in [-0.1, -0.05) is 35.1 Å². The van der Waals surface area contributed by atoms with Gasteiger partial charge in [-0.3, -0.25) is 4.57 Å². The molecule has 9 heteroatoms. The fourth-order valence-electron chi connectivity index (χ4n) is 3.06. The molecule has 0 radical (unpaired) electrons. The van der Waals surface area contributed by atoms with Crippen LogP contribution in [0.25, 0.3) is 17.1 Å². The summed E-state index contributed by atoms with van der Waals surface area (Å²) in [7, 11) is 3.19. The summed E-state index contributed by atoms with van der Waals surface area (Å²) in [5.74, 6) is 3.54. The zero-order chi connectivity index (χ0) is 21.1. The molecular weight excluding hydrogens is 402 g/mol. The second-order valence-corrected chi connectivity index (χ2v) is 7.46. The van der Waals surface area contributed by atoms with Gasteiger partial charge in [0.2, 0.25) is 11.7 Å². The van der Waals surface area contributed by atoms with Crippen LogP contribution < -0.4 is 9.47 Å².